The van der Waals surface area contributed by atoms with Crippen LogP contribution in [0.2, 0.25) is 5.28 Å². The second-order valence-electron chi connectivity index (χ2n) is 5.92. The summed E-state index contributed by atoms with van der Waals surface area (Å²) in [7, 11) is 0. The monoisotopic (exact) mass is 365 g/mol. The molecule has 4 rings (SSSR count). The molecule has 25 heavy (non-hydrogen) atoms. The molecule has 0 aliphatic carbocycles. The van der Waals surface area contributed by atoms with Gasteiger partial charge in [0.25, 0.3) is 0 Å². The van der Waals surface area contributed by atoms with Gasteiger partial charge < -0.3 is 5.32 Å². The maximum Gasteiger partial charge on any atom is 0.225 e. The molecule has 0 fully saturated rings. The molecule has 2 aromatic heterocycles. The molecule has 0 atom stereocenters. The highest BCUT2D eigenvalue weighted by Crippen LogP contribution is 2.41. The fourth-order valence-electron chi connectivity index (χ4n) is 2.99. The third-order valence-electron chi connectivity index (χ3n) is 4.04. The summed E-state index contributed by atoms with van der Waals surface area (Å²) in [6, 6.07) is 18.5. The van der Waals surface area contributed by atoms with E-state index in [4.69, 9.17) is 11.6 Å². The van der Waals surface area contributed by atoms with E-state index in [-0.39, 0.29) is 5.28 Å². The van der Waals surface area contributed by atoms with Gasteiger partial charge in [0.15, 0.2) is 0 Å². The van der Waals surface area contributed by atoms with Crippen LogP contribution in [0.1, 0.15) is 10.4 Å². The molecular formula is C20H16ClN3S. The Morgan fingerprint density at radius 3 is 2.52 bits per heavy atom. The standard InChI is InChI=1S/C20H16ClN3S/c1-12-7-6-10-15(11-12)22-18-17-16(14-8-4-3-5-9-14)13(2)25-19(17)24-20(21)23-18/h3-11H,1-2H3,(H,22,23,24). The molecule has 0 bridgehead atoms. The number of thiophene rings is 1. The molecule has 5 heteroatoms. The zero-order valence-electron chi connectivity index (χ0n) is 13.9. The van der Waals surface area contributed by atoms with Crippen molar-refractivity contribution in [1.29, 1.82) is 0 Å². The van der Waals surface area contributed by atoms with E-state index in [9.17, 15) is 0 Å². The predicted molar refractivity (Wildman–Crippen MR) is 107 cm³/mol. The zero-order chi connectivity index (χ0) is 17.4. The number of hydrogen-bond acceptors (Lipinski definition) is 4. The summed E-state index contributed by atoms with van der Waals surface area (Å²) in [6.07, 6.45) is 0. The smallest absolute Gasteiger partial charge is 0.225 e. The van der Waals surface area contributed by atoms with E-state index in [1.54, 1.807) is 11.3 Å². The topological polar surface area (TPSA) is 37.8 Å². The minimum absolute atomic E-state index is 0.253. The van der Waals surface area contributed by atoms with Crippen LogP contribution < -0.4 is 5.32 Å². The first kappa shape index (κ1) is 16.1. The fourth-order valence-corrected chi connectivity index (χ4v) is 4.25. The minimum Gasteiger partial charge on any atom is -0.340 e. The van der Waals surface area contributed by atoms with Crippen LogP contribution in [0.3, 0.4) is 0 Å². The van der Waals surface area contributed by atoms with Crippen molar-refractivity contribution in [2.24, 2.45) is 0 Å². The lowest BCUT2D eigenvalue weighted by molar-refractivity contribution is 1.23. The first-order valence-corrected chi connectivity index (χ1v) is 9.17. The van der Waals surface area contributed by atoms with E-state index in [2.05, 4.69) is 53.4 Å². The van der Waals surface area contributed by atoms with Gasteiger partial charge in [0, 0.05) is 16.1 Å². The van der Waals surface area contributed by atoms with E-state index in [0.29, 0.717) is 0 Å². The van der Waals surface area contributed by atoms with Gasteiger partial charge in [-0.2, -0.15) is 4.98 Å². The molecule has 0 radical (unpaired) electrons. The second kappa shape index (κ2) is 6.47. The highest BCUT2D eigenvalue weighted by Gasteiger charge is 2.18. The number of nitrogens with one attached hydrogen (secondary N) is 1. The zero-order valence-corrected chi connectivity index (χ0v) is 15.4. The summed E-state index contributed by atoms with van der Waals surface area (Å²) in [6.45, 7) is 4.18. The van der Waals surface area contributed by atoms with Crippen LogP contribution in [0.5, 0.6) is 0 Å². The summed E-state index contributed by atoms with van der Waals surface area (Å²) in [5.74, 6) is 0.740. The first-order valence-electron chi connectivity index (χ1n) is 7.97. The van der Waals surface area contributed by atoms with Crippen molar-refractivity contribution in [1.82, 2.24) is 9.97 Å². The number of benzene rings is 2. The van der Waals surface area contributed by atoms with Gasteiger partial charge in [0.05, 0.1) is 5.39 Å². The summed E-state index contributed by atoms with van der Waals surface area (Å²) >= 11 is 7.81. The largest absolute Gasteiger partial charge is 0.340 e. The van der Waals surface area contributed by atoms with Crippen LogP contribution in [0, 0.1) is 13.8 Å². The number of hydrogen-bond donors (Lipinski definition) is 1. The number of halogens is 1. The summed E-state index contributed by atoms with van der Waals surface area (Å²) in [5.41, 5.74) is 4.49. The first-order chi connectivity index (χ1) is 12.1. The normalized spacial score (nSPS) is 11.0. The molecule has 3 nitrogen and oxygen atoms in total. The van der Waals surface area contributed by atoms with E-state index < -0.39 is 0 Å². The lowest BCUT2D eigenvalue weighted by Gasteiger charge is -2.10. The molecule has 2 aromatic carbocycles. The number of nitrogens with zero attached hydrogens (tertiary/aromatic N) is 2. The minimum atomic E-state index is 0.253. The number of fused-ring (bicyclic) bond motifs is 1. The van der Waals surface area contributed by atoms with Crippen molar-refractivity contribution in [3.63, 3.8) is 0 Å². The van der Waals surface area contributed by atoms with Crippen molar-refractivity contribution in [3.05, 3.63) is 70.3 Å². The quantitative estimate of drug-likeness (QED) is 0.428. The molecule has 124 valence electrons. The Kier molecular flexibility index (Phi) is 4.15. The van der Waals surface area contributed by atoms with Gasteiger partial charge in [-0.25, -0.2) is 4.98 Å². The third-order valence-corrected chi connectivity index (χ3v) is 5.21. The average Bonchev–Trinajstić information content (AvgIpc) is 2.91. The number of anilines is 2. The molecule has 0 aliphatic heterocycles. The van der Waals surface area contributed by atoms with Gasteiger partial charge >= 0.3 is 0 Å². The summed E-state index contributed by atoms with van der Waals surface area (Å²) < 4.78 is 0. The van der Waals surface area contributed by atoms with Gasteiger partial charge in [-0.3, -0.25) is 0 Å². The van der Waals surface area contributed by atoms with E-state index in [1.165, 1.54) is 10.4 Å². The third kappa shape index (κ3) is 3.11. The Labute approximate surface area is 155 Å². The summed E-state index contributed by atoms with van der Waals surface area (Å²) in [4.78, 5) is 11.0. The van der Waals surface area contributed by atoms with Gasteiger partial charge in [0.2, 0.25) is 5.28 Å². The van der Waals surface area contributed by atoms with Crippen LogP contribution in [0.15, 0.2) is 54.6 Å². The Hall–Kier alpha value is -2.43. The van der Waals surface area contributed by atoms with Crippen LogP contribution in [0.4, 0.5) is 11.5 Å². The van der Waals surface area contributed by atoms with Gasteiger partial charge in [0.1, 0.15) is 10.6 Å². The Bertz CT molecular complexity index is 1060. The highest BCUT2D eigenvalue weighted by molar-refractivity contribution is 7.19. The van der Waals surface area contributed by atoms with Crippen molar-refractivity contribution in [3.8, 4) is 11.1 Å². The van der Waals surface area contributed by atoms with E-state index in [1.807, 2.05) is 30.3 Å². The van der Waals surface area contributed by atoms with Crippen molar-refractivity contribution < 1.29 is 0 Å². The number of aryl methyl sites for hydroxylation is 2. The fraction of sp³-hybridized carbons (Fsp3) is 0.100. The molecule has 0 aliphatic rings. The lowest BCUT2D eigenvalue weighted by Crippen LogP contribution is -1.97. The van der Waals surface area contributed by atoms with E-state index >= 15 is 0 Å². The highest BCUT2D eigenvalue weighted by atomic mass is 35.5. The maximum absolute atomic E-state index is 6.17. The lowest BCUT2D eigenvalue weighted by atomic mass is 10.0. The molecular weight excluding hydrogens is 350 g/mol. The predicted octanol–water partition coefficient (Wildman–Crippen LogP) is 6.37. The van der Waals surface area contributed by atoms with Crippen LogP contribution in [0.25, 0.3) is 21.3 Å². The Balaban J connectivity index is 1.94. The van der Waals surface area contributed by atoms with E-state index in [0.717, 1.165) is 32.8 Å². The molecule has 1 N–H and O–H groups in total. The molecule has 0 spiro atoms. The maximum atomic E-state index is 6.17. The Morgan fingerprint density at radius 1 is 0.960 bits per heavy atom. The van der Waals surface area contributed by atoms with Crippen molar-refractivity contribution in [2.45, 2.75) is 13.8 Å². The van der Waals surface area contributed by atoms with Crippen LogP contribution >= 0.6 is 22.9 Å². The molecule has 4 aromatic rings. The van der Waals surface area contributed by atoms with Crippen LogP contribution in [-0.2, 0) is 0 Å². The van der Waals surface area contributed by atoms with Gasteiger partial charge in [-0.15, -0.1) is 11.3 Å². The molecule has 0 saturated heterocycles. The van der Waals surface area contributed by atoms with Crippen LogP contribution in [-0.4, -0.2) is 9.97 Å². The van der Waals surface area contributed by atoms with Crippen molar-refractivity contribution in [2.75, 3.05) is 5.32 Å². The van der Waals surface area contributed by atoms with Crippen molar-refractivity contribution >= 4 is 44.7 Å². The SMILES string of the molecule is Cc1cccc(Nc2nc(Cl)nc3sc(C)c(-c4ccccc4)c23)c1. The molecule has 0 unspecified atom stereocenters. The molecule has 0 amide bonds. The number of aromatic nitrogens is 2. The Morgan fingerprint density at radius 2 is 1.76 bits per heavy atom. The summed E-state index contributed by atoms with van der Waals surface area (Å²) in [5, 5.41) is 4.69. The molecule has 2 heterocycles. The molecule has 0 saturated carbocycles. The average molecular weight is 366 g/mol. The van der Waals surface area contributed by atoms with Gasteiger partial charge in [-0.1, -0.05) is 42.5 Å². The second-order valence-corrected chi connectivity index (χ2v) is 7.46. The van der Waals surface area contributed by atoms with Gasteiger partial charge in [-0.05, 0) is 48.7 Å². The number of rotatable bonds is 3.